The molecule has 2 rings (SSSR count). The SMILES string of the molecule is Cc1cc(C)cc(OCC(=O)NNS(=O)(=O)/C=C/c2ccccc2)c1. The Balaban J connectivity index is 1.83. The van der Waals surface area contributed by atoms with E-state index in [1.54, 1.807) is 36.4 Å². The van der Waals surface area contributed by atoms with Crippen LogP contribution < -0.4 is 15.0 Å². The quantitative estimate of drug-likeness (QED) is 0.742. The van der Waals surface area contributed by atoms with Gasteiger partial charge in [-0.25, -0.2) is 8.42 Å². The zero-order valence-corrected chi connectivity index (χ0v) is 14.8. The van der Waals surface area contributed by atoms with Gasteiger partial charge >= 0.3 is 0 Å². The van der Waals surface area contributed by atoms with Gasteiger partial charge in [0, 0.05) is 5.41 Å². The second-order valence-corrected chi connectivity index (χ2v) is 7.09. The summed E-state index contributed by atoms with van der Waals surface area (Å²) in [5.41, 5.74) is 4.87. The summed E-state index contributed by atoms with van der Waals surface area (Å²) in [6.45, 7) is 3.55. The first-order valence-electron chi connectivity index (χ1n) is 7.59. The average Bonchev–Trinajstić information content (AvgIpc) is 2.57. The molecule has 25 heavy (non-hydrogen) atoms. The molecule has 1 amide bonds. The van der Waals surface area contributed by atoms with E-state index in [-0.39, 0.29) is 6.61 Å². The fourth-order valence-electron chi connectivity index (χ4n) is 2.10. The fraction of sp³-hybridized carbons (Fsp3) is 0.167. The van der Waals surface area contributed by atoms with Crippen molar-refractivity contribution < 1.29 is 17.9 Å². The Bertz CT molecular complexity index is 842. The highest BCUT2D eigenvalue weighted by Gasteiger charge is 2.09. The topological polar surface area (TPSA) is 84.5 Å². The number of carbonyl (C=O) groups is 1. The molecule has 0 spiro atoms. The molecule has 0 aliphatic rings. The van der Waals surface area contributed by atoms with Crippen LogP contribution in [-0.4, -0.2) is 20.9 Å². The van der Waals surface area contributed by atoms with Crippen LogP contribution in [0.2, 0.25) is 0 Å². The molecule has 2 aromatic rings. The third kappa shape index (κ3) is 6.78. The molecule has 0 saturated heterocycles. The van der Waals surface area contributed by atoms with Crippen molar-refractivity contribution in [2.45, 2.75) is 13.8 Å². The van der Waals surface area contributed by atoms with Crippen molar-refractivity contribution in [3.05, 3.63) is 70.6 Å². The number of rotatable bonds is 7. The third-order valence-electron chi connectivity index (χ3n) is 3.14. The summed E-state index contributed by atoms with van der Waals surface area (Å²) in [5, 5.41) is 0.980. The minimum atomic E-state index is -3.79. The highest BCUT2D eigenvalue weighted by molar-refractivity contribution is 7.92. The molecular weight excluding hydrogens is 340 g/mol. The van der Waals surface area contributed by atoms with Crippen LogP contribution in [0.15, 0.2) is 53.9 Å². The smallest absolute Gasteiger partial charge is 0.272 e. The van der Waals surface area contributed by atoms with Gasteiger partial charge in [-0.3, -0.25) is 10.2 Å². The summed E-state index contributed by atoms with van der Waals surface area (Å²) >= 11 is 0. The van der Waals surface area contributed by atoms with Gasteiger partial charge in [-0.2, -0.15) is 0 Å². The van der Waals surface area contributed by atoms with E-state index in [2.05, 4.69) is 5.43 Å². The number of hydrogen-bond donors (Lipinski definition) is 2. The molecule has 2 N–H and O–H groups in total. The van der Waals surface area contributed by atoms with Crippen molar-refractivity contribution in [2.75, 3.05) is 6.61 Å². The van der Waals surface area contributed by atoms with Crippen LogP contribution in [0.3, 0.4) is 0 Å². The van der Waals surface area contributed by atoms with Gasteiger partial charge in [0.2, 0.25) is 0 Å². The summed E-state index contributed by atoms with van der Waals surface area (Å²) < 4.78 is 29.0. The minimum absolute atomic E-state index is 0.298. The number of carbonyl (C=O) groups excluding carboxylic acids is 1. The van der Waals surface area contributed by atoms with Crippen LogP contribution in [0.5, 0.6) is 5.75 Å². The molecule has 0 aliphatic heterocycles. The Morgan fingerprint density at radius 3 is 2.36 bits per heavy atom. The molecule has 0 heterocycles. The van der Waals surface area contributed by atoms with Crippen LogP contribution in [0.25, 0.3) is 6.08 Å². The molecule has 0 aromatic heterocycles. The van der Waals surface area contributed by atoms with Gasteiger partial charge in [-0.1, -0.05) is 36.4 Å². The number of amides is 1. The monoisotopic (exact) mass is 360 g/mol. The van der Waals surface area contributed by atoms with E-state index < -0.39 is 15.9 Å². The summed E-state index contributed by atoms with van der Waals surface area (Å²) in [7, 11) is -3.79. The Morgan fingerprint density at radius 2 is 1.72 bits per heavy atom. The average molecular weight is 360 g/mol. The van der Waals surface area contributed by atoms with Gasteiger partial charge in [0.25, 0.3) is 15.9 Å². The lowest BCUT2D eigenvalue weighted by atomic mass is 10.1. The molecule has 2 aromatic carbocycles. The van der Waals surface area contributed by atoms with E-state index in [1.165, 1.54) is 6.08 Å². The molecule has 6 nitrogen and oxygen atoms in total. The predicted octanol–water partition coefficient (Wildman–Crippen LogP) is 2.30. The highest BCUT2D eigenvalue weighted by atomic mass is 32.2. The van der Waals surface area contributed by atoms with Crippen LogP contribution in [-0.2, 0) is 14.8 Å². The standard InChI is InChI=1S/C18H20N2O4S/c1-14-10-15(2)12-17(11-14)24-13-18(21)19-20-25(22,23)9-8-16-6-4-3-5-7-16/h3-12,20H,13H2,1-2H3,(H,19,21)/b9-8+. The van der Waals surface area contributed by atoms with Gasteiger partial charge in [0.15, 0.2) is 6.61 Å². The molecule has 0 fully saturated rings. The van der Waals surface area contributed by atoms with E-state index in [0.717, 1.165) is 22.1 Å². The first kappa shape index (κ1) is 18.7. The number of benzene rings is 2. The molecule has 7 heteroatoms. The second-order valence-electron chi connectivity index (χ2n) is 5.52. The molecule has 0 saturated carbocycles. The van der Waals surface area contributed by atoms with E-state index >= 15 is 0 Å². The second kappa shape index (κ2) is 8.46. The highest BCUT2D eigenvalue weighted by Crippen LogP contribution is 2.15. The lowest BCUT2D eigenvalue weighted by Gasteiger charge is -2.09. The summed E-state index contributed by atoms with van der Waals surface area (Å²) in [6.07, 6.45) is 1.43. The fourth-order valence-corrected chi connectivity index (χ4v) is 2.76. The van der Waals surface area contributed by atoms with E-state index in [4.69, 9.17) is 4.74 Å². The first-order chi connectivity index (χ1) is 11.8. The van der Waals surface area contributed by atoms with Crippen molar-refractivity contribution in [3.8, 4) is 5.75 Å². The molecule has 0 aliphatic carbocycles. The van der Waals surface area contributed by atoms with Crippen LogP contribution in [0, 0.1) is 13.8 Å². The summed E-state index contributed by atoms with van der Waals surface area (Å²) in [4.78, 5) is 13.7. The van der Waals surface area contributed by atoms with Crippen molar-refractivity contribution in [1.29, 1.82) is 0 Å². The maximum absolute atomic E-state index is 11.8. The van der Waals surface area contributed by atoms with Gasteiger partial charge in [-0.15, -0.1) is 4.83 Å². The third-order valence-corrected chi connectivity index (χ3v) is 4.02. The van der Waals surface area contributed by atoms with Crippen molar-refractivity contribution in [2.24, 2.45) is 0 Å². The van der Waals surface area contributed by atoms with Gasteiger partial charge < -0.3 is 4.74 Å². The number of hydrazine groups is 1. The van der Waals surface area contributed by atoms with E-state index in [1.807, 2.05) is 30.8 Å². The van der Waals surface area contributed by atoms with Crippen LogP contribution >= 0.6 is 0 Å². The largest absolute Gasteiger partial charge is 0.484 e. The molecule has 0 radical (unpaired) electrons. The zero-order valence-electron chi connectivity index (χ0n) is 14.0. The lowest BCUT2D eigenvalue weighted by Crippen LogP contribution is -2.42. The van der Waals surface area contributed by atoms with E-state index in [0.29, 0.717) is 5.75 Å². The minimum Gasteiger partial charge on any atom is -0.484 e. The van der Waals surface area contributed by atoms with Crippen molar-refractivity contribution >= 4 is 22.0 Å². The van der Waals surface area contributed by atoms with Crippen LogP contribution in [0.1, 0.15) is 16.7 Å². The van der Waals surface area contributed by atoms with E-state index in [9.17, 15) is 13.2 Å². The normalized spacial score (nSPS) is 11.4. The first-order valence-corrected chi connectivity index (χ1v) is 9.13. The predicted molar refractivity (Wildman–Crippen MR) is 97.1 cm³/mol. The van der Waals surface area contributed by atoms with Gasteiger partial charge in [0.1, 0.15) is 5.75 Å². The Morgan fingerprint density at radius 1 is 1.08 bits per heavy atom. The van der Waals surface area contributed by atoms with Crippen LogP contribution in [0.4, 0.5) is 0 Å². The number of sulfonamides is 1. The molecular formula is C18H20N2O4S. The molecule has 132 valence electrons. The number of hydrogen-bond acceptors (Lipinski definition) is 4. The van der Waals surface area contributed by atoms with Gasteiger partial charge in [0.05, 0.1) is 0 Å². The maximum atomic E-state index is 11.8. The Hall–Kier alpha value is -2.64. The summed E-state index contributed by atoms with van der Waals surface area (Å²) in [6, 6.07) is 14.5. The van der Waals surface area contributed by atoms with Gasteiger partial charge in [-0.05, 0) is 48.7 Å². The number of nitrogens with one attached hydrogen (secondary N) is 2. The maximum Gasteiger partial charge on any atom is 0.272 e. The number of aryl methyl sites for hydroxylation is 2. The Labute approximate surface area is 147 Å². The zero-order chi connectivity index (χ0) is 18.3. The lowest BCUT2D eigenvalue weighted by molar-refractivity contribution is -0.123. The van der Waals surface area contributed by atoms with Crippen molar-refractivity contribution in [1.82, 2.24) is 10.3 Å². The molecule has 0 unspecified atom stereocenters. The summed E-state index contributed by atoms with van der Waals surface area (Å²) in [5.74, 6) is -0.0460. The Kier molecular flexibility index (Phi) is 6.32. The number of ether oxygens (including phenoxy) is 1. The molecule has 0 atom stereocenters. The van der Waals surface area contributed by atoms with Crippen molar-refractivity contribution in [3.63, 3.8) is 0 Å². The molecule has 0 bridgehead atoms.